The molecule has 1 saturated carbocycles. The van der Waals surface area contributed by atoms with Gasteiger partial charge in [-0.1, -0.05) is 24.1 Å². The quantitative estimate of drug-likeness (QED) is 0.929. The second-order valence-electron chi connectivity index (χ2n) is 6.04. The zero-order valence-corrected chi connectivity index (χ0v) is 12.8. The first-order valence-electron chi connectivity index (χ1n) is 7.39. The predicted molar refractivity (Wildman–Crippen MR) is 80.7 cm³/mol. The molecular weight excluding hydrogens is 290 g/mol. The van der Waals surface area contributed by atoms with Gasteiger partial charge in [0.15, 0.2) is 0 Å². The van der Waals surface area contributed by atoms with Crippen molar-refractivity contribution in [2.75, 3.05) is 13.7 Å². The molecular formula is C16H20ClNO3. The molecule has 0 amide bonds. The molecule has 21 heavy (non-hydrogen) atoms. The highest BCUT2D eigenvalue weighted by atomic mass is 35.5. The van der Waals surface area contributed by atoms with Crippen molar-refractivity contribution in [3.8, 4) is 5.75 Å². The number of rotatable bonds is 4. The molecule has 0 bridgehead atoms. The fourth-order valence-corrected chi connectivity index (χ4v) is 4.22. The highest BCUT2D eigenvalue weighted by Gasteiger charge is 2.47. The second kappa shape index (κ2) is 5.85. The molecule has 3 rings (SSSR count). The summed E-state index contributed by atoms with van der Waals surface area (Å²) < 4.78 is 5.15. The summed E-state index contributed by atoms with van der Waals surface area (Å²) in [6, 6.07) is 5.31. The van der Waals surface area contributed by atoms with E-state index in [0.29, 0.717) is 29.2 Å². The lowest BCUT2D eigenvalue weighted by molar-refractivity contribution is -0.143. The van der Waals surface area contributed by atoms with Crippen LogP contribution in [0.15, 0.2) is 18.2 Å². The Labute approximate surface area is 129 Å². The lowest BCUT2D eigenvalue weighted by Crippen LogP contribution is -2.39. The van der Waals surface area contributed by atoms with E-state index in [1.165, 1.54) is 6.42 Å². The fraction of sp³-hybridized carbons (Fsp3) is 0.562. The molecule has 1 aliphatic heterocycles. The number of hydrogen-bond acceptors (Lipinski definition) is 3. The SMILES string of the molecule is COc1ccc(CN2CC3CCCC3C2C(=O)O)cc1Cl. The van der Waals surface area contributed by atoms with Gasteiger partial charge in [-0.05, 0) is 42.4 Å². The third-order valence-electron chi connectivity index (χ3n) is 4.84. The maximum atomic E-state index is 11.6. The van der Waals surface area contributed by atoms with Crippen LogP contribution in [0.3, 0.4) is 0 Å². The Morgan fingerprint density at radius 2 is 2.29 bits per heavy atom. The Bertz CT molecular complexity index is 548. The lowest BCUT2D eigenvalue weighted by Gasteiger charge is -2.24. The number of carboxylic acid groups (broad SMARTS) is 1. The Morgan fingerprint density at radius 1 is 1.48 bits per heavy atom. The summed E-state index contributed by atoms with van der Waals surface area (Å²) in [5, 5.41) is 10.1. The van der Waals surface area contributed by atoms with Crippen molar-refractivity contribution in [1.82, 2.24) is 4.90 Å². The van der Waals surface area contributed by atoms with Crippen LogP contribution >= 0.6 is 11.6 Å². The molecule has 0 spiro atoms. The van der Waals surface area contributed by atoms with Crippen LogP contribution in [0.2, 0.25) is 5.02 Å². The molecule has 3 atom stereocenters. The van der Waals surface area contributed by atoms with Gasteiger partial charge < -0.3 is 9.84 Å². The third-order valence-corrected chi connectivity index (χ3v) is 5.14. The van der Waals surface area contributed by atoms with Gasteiger partial charge in [0.05, 0.1) is 12.1 Å². The van der Waals surface area contributed by atoms with Gasteiger partial charge in [0, 0.05) is 13.1 Å². The van der Waals surface area contributed by atoms with Gasteiger partial charge in [-0.3, -0.25) is 9.69 Å². The van der Waals surface area contributed by atoms with Gasteiger partial charge in [-0.25, -0.2) is 0 Å². The van der Waals surface area contributed by atoms with E-state index in [1.807, 2.05) is 18.2 Å². The van der Waals surface area contributed by atoms with E-state index in [1.54, 1.807) is 7.11 Å². The summed E-state index contributed by atoms with van der Waals surface area (Å²) in [6.07, 6.45) is 3.37. The molecule has 2 aliphatic rings. The molecule has 3 unspecified atom stereocenters. The first-order chi connectivity index (χ1) is 10.1. The maximum Gasteiger partial charge on any atom is 0.321 e. The number of aliphatic carboxylic acids is 1. The molecule has 1 saturated heterocycles. The van der Waals surface area contributed by atoms with Gasteiger partial charge in [-0.2, -0.15) is 0 Å². The van der Waals surface area contributed by atoms with Crippen molar-refractivity contribution in [1.29, 1.82) is 0 Å². The predicted octanol–water partition coefficient (Wildman–Crippen LogP) is 3.03. The van der Waals surface area contributed by atoms with Gasteiger partial charge in [0.25, 0.3) is 0 Å². The highest BCUT2D eigenvalue weighted by Crippen LogP contribution is 2.42. The topological polar surface area (TPSA) is 49.8 Å². The van der Waals surface area contributed by atoms with E-state index in [0.717, 1.165) is 24.9 Å². The zero-order chi connectivity index (χ0) is 15.0. The largest absolute Gasteiger partial charge is 0.495 e. The minimum Gasteiger partial charge on any atom is -0.495 e. The normalized spacial score (nSPS) is 28.6. The second-order valence-corrected chi connectivity index (χ2v) is 6.44. The summed E-state index contributed by atoms with van der Waals surface area (Å²) in [6.45, 7) is 1.51. The average molecular weight is 310 g/mol. The van der Waals surface area contributed by atoms with Crippen LogP contribution in [-0.4, -0.2) is 35.7 Å². The number of carboxylic acids is 1. The highest BCUT2D eigenvalue weighted by molar-refractivity contribution is 6.32. The van der Waals surface area contributed by atoms with E-state index >= 15 is 0 Å². The zero-order valence-electron chi connectivity index (χ0n) is 12.1. The number of ether oxygens (including phenoxy) is 1. The molecule has 0 aromatic heterocycles. The van der Waals surface area contributed by atoms with Crippen LogP contribution in [0, 0.1) is 11.8 Å². The Morgan fingerprint density at radius 3 is 2.95 bits per heavy atom. The number of likely N-dealkylation sites (tertiary alicyclic amines) is 1. The van der Waals surface area contributed by atoms with Crippen LogP contribution in [0.25, 0.3) is 0 Å². The van der Waals surface area contributed by atoms with Crippen LogP contribution in [0.4, 0.5) is 0 Å². The average Bonchev–Trinajstić information content (AvgIpc) is 2.98. The van der Waals surface area contributed by atoms with Crippen LogP contribution in [-0.2, 0) is 11.3 Å². The van der Waals surface area contributed by atoms with E-state index in [9.17, 15) is 9.90 Å². The van der Waals surface area contributed by atoms with E-state index in [4.69, 9.17) is 16.3 Å². The number of fused-ring (bicyclic) bond motifs is 1. The minimum atomic E-state index is -0.691. The monoisotopic (exact) mass is 309 g/mol. The first kappa shape index (κ1) is 14.7. The van der Waals surface area contributed by atoms with Crippen molar-refractivity contribution in [2.24, 2.45) is 11.8 Å². The van der Waals surface area contributed by atoms with Crippen LogP contribution in [0.1, 0.15) is 24.8 Å². The molecule has 1 aromatic rings. The fourth-order valence-electron chi connectivity index (χ4n) is 3.94. The Balaban J connectivity index is 1.77. The number of carbonyl (C=O) groups is 1. The van der Waals surface area contributed by atoms with Gasteiger partial charge in [0.1, 0.15) is 11.8 Å². The lowest BCUT2D eigenvalue weighted by atomic mass is 9.94. The van der Waals surface area contributed by atoms with Gasteiger partial charge >= 0.3 is 5.97 Å². The van der Waals surface area contributed by atoms with Crippen molar-refractivity contribution in [3.63, 3.8) is 0 Å². The van der Waals surface area contributed by atoms with E-state index in [2.05, 4.69) is 4.90 Å². The molecule has 1 aromatic carbocycles. The molecule has 5 heteroatoms. The van der Waals surface area contributed by atoms with Crippen LogP contribution < -0.4 is 4.74 Å². The van der Waals surface area contributed by atoms with Crippen LogP contribution in [0.5, 0.6) is 5.75 Å². The number of halogens is 1. The summed E-state index contributed by atoms with van der Waals surface area (Å²) in [7, 11) is 1.59. The Hall–Kier alpha value is -1.26. The van der Waals surface area contributed by atoms with Crippen molar-refractivity contribution in [2.45, 2.75) is 31.8 Å². The van der Waals surface area contributed by atoms with E-state index in [-0.39, 0.29) is 6.04 Å². The molecule has 4 nitrogen and oxygen atoms in total. The van der Waals surface area contributed by atoms with Crippen molar-refractivity contribution in [3.05, 3.63) is 28.8 Å². The molecule has 1 aliphatic carbocycles. The summed E-state index contributed by atoms with van der Waals surface area (Å²) in [5.41, 5.74) is 1.03. The maximum absolute atomic E-state index is 11.6. The van der Waals surface area contributed by atoms with Crippen molar-refractivity contribution >= 4 is 17.6 Å². The summed E-state index contributed by atoms with van der Waals surface area (Å²) in [4.78, 5) is 13.7. The number of nitrogens with zero attached hydrogens (tertiary/aromatic N) is 1. The van der Waals surface area contributed by atoms with Crippen molar-refractivity contribution < 1.29 is 14.6 Å². The smallest absolute Gasteiger partial charge is 0.321 e. The summed E-state index contributed by atoms with van der Waals surface area (Å²) >= 11 is 6.15. The third kappa shape index (κ3) is 2.74. The number of hydrogen-bond donors (Lipinski definition) is 1. The molecule has 2 fully saturated rings. The summed E-state index contributed by atoms with van der Waals surface area (Å²) in [5.74, 6) is 0.813. The first-order valence-corrected chi connectivity index (χ1v) is 7.77. The minimum absolute atomic E-state index is 0.316. The number of methoxy groups -OCH3 is 1. The molecule has 0 radical (unpaired) electrons. The van der Waals surface area contributed by atoms with Gasteiger partial charge in [-0.15, -0.1) is 0 Å². The number of benzene rings is 1. The molecule has 114 valence electrons. The Kier molecular flexibility index (Phi) is 4.09. The standard InChI is InChI=1S/C16H20ClNO3/c1-21-14-6-5-10(7-13(14)17)8-18-9-11-3-2-4-12(11)15(18)16(19)20/h5-7,11-12,15H,2-4,8-9H2,1H3,(H,19,20). The van der Waals surface area contributed by atoms with Gasteiger partial charge in [0.2, 0.25) is 0 Å². The molecule has 1 heterocycles. The van der Waals surface area contributed by atoms with E-state index < -0.39 is 5.97 Å². The molecule has 1 N–H and O–H groups in total.